The first-order valence-corrected chi connectivity index (χ1v) is 7.64. The number of nitrogens with zero attached hydrogens (tertiary/aromatic N) is 2. The van der Waals surface area contributed by atoms with Gasteiger partial charge in [-0.05, 0) is 20.8 Å². The molecule has 0 aliphatic rings. The van der Waals surface area contributed by atoms with Gasteiger partial charge in [0.05, 0.1) is 16.3 Å². The highest BCUT2D eigenvalue weighted by Gasteiger charge is 2.21. The maximum Gasteiger partial charge on any atom is 0.235 e. The Balaban J connectivity index is 2.18. The van der Waals surface area contributed by atoms with Crippen LogP contribution >= 0.6 is 11.8 Å². The molecule has 0 aliphatic heterocycles. The first-order valence-electron chi connectivity index (χ1n) is 6.76. The van der Waals surface area contributed by atoms with Crippen LogP contribution in [-0.2, 0) is 4.79 Å². The van der Waals surface area contributed by atoms with Crippen LogP contribution in [0.4, 0.5) is 8.78 Å². The number of imidazole rings is 1. The van der Waals surface area contributed by atoms with Crippen molar-refractivity contribution in [2.24, 2.45) is 0 Å². The fraction of sp³-hybridized carbons (Fsp3) is 0.429. The Morgan fingerprint density at radius 1 is 1.33 bits per heavy atom. The molecule has 1 aromatic carbocycles. The summed E-state index contributed by atoms with van der Waals surface area (Å²) in [6.45, 7) is 6.93. The van der Waals surface area contributed by atoms with Gasteiger partial charge < -0.3 is 9.88 Å². The number of nitrogens with one attached hydrogen (secondary N) is 1. The lowest BCUT2D eigenvalue weighted by Crippen LogP contribution is -2.36. The predicted molar refractivity (Wildman–Crippen MR) is 79.3 cm³/mol. The lowest BCUT2D eigenvalue weighted by molar-refractivity contribution is -0.129. The topological polar surface area (TPSA) is 49.0 Å². The van der Waals surface area contributed by atoms with E-state index in [4.69, 9.17) is 0 Å². The summed E-state index contributed by atoms with van der Waals surface area (Å²) in [4.78, 5) is 21.0. The highest BCUT2D eigenvalue weighted by Crippen LogP contribution is 2.25. The van der Waals surface area contributed by atoms with Crippen molar-refractivity contribution in [3.63, 3.8) is 0 Å². The average Bonchev–Trinajstić information content (AvgIpc) is 2.81. The van der Waals surface area contributed by atoms with E-state index in [2.05, 4.69) is 9.97 Å². The van der Waals surface area contributed by atoms with Crippen molar-refractivity contribution in [2.45, 2.75) is 31.2 Å². The zero-order chi connectivity index (χ0) is 15.6. The molecule has 0 fully saturated rings. The van der Waals surface area contributed by atoms with E-state index in [9.17, 15) is 13.6 Å². The van der Waals surface area contributed by atoms with E-state index in [1.165, 1.54) is 11.8 Å². The maximum absolute atomic E-state index is 13.2. The van der Waals surface area contributed by atoms with E-state index >= 15 is 0 Å². The number of hydrogen-bond donors (Lipinski definition) is 1. The molecule has 2 aromatic rings. The third kappa shape index (κ3) is 3.34. The third-order valence-corrected chi connectivity index (χ3v) is 4.19. The van der Waals surface area contributed by atoms with Gasteiger partial charge in [0, 0.05) is 25.2 Å². The van der Waals surface area contributed by atoms with E-state index in [1.54, 1.807) is 11.8 Å². The molecule has 21 heavy (non-hydrogen) atoms. The molecule has 1 amide bonds. The number of carbonyl (C=O) groups is 1. The number of thioether (sulfide) groups is 1. The lowest BCUT2D eigenvalue weighted by Gasteiger charge is -2.21. The van der Waals surface area contributed by atoms with Crippen LogP contribution in [0.15, 0.2) is 17.3 Å². The van der Waals surface area contributed by atoms with Crippen LogP contribution in [0, 0.1) is 11.6 Å². The van der Waals surface area contributed by atoms with Crippen LogP contribution < -0.4 is 0 Å². The first kappa shape index (κ1) is 15.8. The van der Waals surface area contributed by atoms with Gasteiger partial charge in [0.25, 0.3) is 0 Å². The average molecular weight is 313 g/mol. The molecule has 1 unspecified atom stereocenters. The summed E-state index contributed by atoms with van der Waals surface area (Å²) in [5.74, 6) is -1.84. The second-order valence-corrected chi connectivity index (χ2v) is 5.93. The molecule has 114 valence electrons. The Morgan fingerprint density at radius 3 is 2.57 bits per heavy atom. The Kier molecular flexibility index (Phi) is 4.82. The van der Waals surface area contributed by atoms with Gasteiger partial charge in [-0.1, -0.05) is 11.8 Å². The molecule has 0 saturated heterocycles. The van der Waals surface area contributed by atoms with Gasteiger partial charge in [0.15, 0.2) is 16.8 Å². The van der Waals surface area contributed by atoms with E-state index in [0.29, 0.717) is 29.3 Å². The Morgan fingerprint density at radius 2 is 1.95 bits per heavy atom. The number of halogens is 2. The number of rotatable bonds is 5. The molecule has 2 rings (SSSR count). The van der Waals surface area contributed by atoms with Crippen molar-refractivity contribution >= 4 is 28.7 Å². The molecule has 0 radical (unpaired) electrons. The number of fused-ring (bicyclic) bond motifs is 1. The van der Waals surface area contributed by atoms with E-state index in [1.807, 2.05) is 13.8 Å². The zero-order valence-electron chi connectivity index (χ0n) is 12.1. The summed E-state index contributed by atoms with van der Waals surface area (Å²) in [7, 11) is 0. The van der Waals surface area contributed by atoms with E-state index < -0.39 is 11.6 Å². The Hall–Kier alpha value is -1.63. The normalized spacial score (nSPS) is 12.6. The molecule has 0 bridgehead atoms. The Labute approximate surface area is 125 Å². The van der Waals surface area contributed by atoms with Gasteiger partial charge in [-0.25, -0.2) is 13.8 Å². The van der Waals surface area contributed by atoms with Gasteiger partial charge in [-0.15, -0.1) is 0 Å². The summed E-state index contributed by atoms with van der Waals surface area (Å²) in [5.41, 5.74) is 0.762. The predicted octanol–water partition coefficient (Wildman–Crippen LogP) is 3.19. The molecule has 0 saturated carbocycles. The largest absolute Gasteiger partial charge is 0.342 e. The van der Waals surface area contributed by atoms with Crippen molar-refractivity contribution in [1.29, 1.82) is 0 Å². The van der Waals surface area contributed by atoms with Crippen LogP contribution in [0.25, 0.3) is 11.0 Å². The highest BCUT2D eigenvalue weighted by atomic mass is 32.2. The number of carbonyl (C=O) groups excluding carboxylic acids is 1. The first-order chi connectivity index (χ1) is 9.96. The van der Waals surface area contributed by atoms with E-state index in [-0.39, 0.29) is 11.2 Å². The van der Waals surface area contributed by atoms with Crippen molar-refractivity contribution in [3.05, 3.63) is 23.8 Å². The van der Waals surface area contributed by atoms with Crippen LogP contribution in [0.2, 0.25) is 0 Å². The zero-order valence-corrected chi connectivity index (χ0v) is 12.9. The third-order valence-electron chi connectivity index (χ3n) is 3.21. The van der Waals surface area contributed by atoms with Gasteiger partial charge in [-0.2, -0.15) is 0 Å². The Bertz CT molecular complexity index is 616. The maximum atomic E-state index is 13.2. The summed E-state index contributed by atoms with van der Waals surface area (Å²) in [6.07, 6.45) is 0. The number of benzene rings is 1. The lowest BCUT2D eigenvalue weighted by atomic mass is 10.3. The number of amides is 1. The SMILES string of the molecule is CCN(CC)C(=O)C(C)Sc1nc2cc(F)c(F)cc2[nH]1. The van der Waals surface area contributed by atoms with Crippen LogP contribution in [0.1, 0.15) is 20.8 Å². The molecule has 1 N–H and O–H groups in total. The molecule has 1 atom stereocenters. The monoisotopic (exact) mass is 313 g/mol. The summed E-state index contributed by atoms with van der Waals surface area (Å²) >= 11 is 1.25. The summed E-state index contributed by atoms with van der Waals surface area (Å²) in [6, 6.07) is 2.11. The standard InChI is InChI=1S/C14H17F2N3OS/c1-4-19(5-2)13(20)8(3)21-14-17-11-6-9(15)10(16)7-12(11)18-14/h6-8H,4-5H2,1-3H3,(H,17,18). The molecule has 4 nitrogen and oxygen atoms in total. The van der Waals surface area contributed by atoms with Crippen molar-refractivity contribution < 1.29 is 13.6 Å². The van der Waals surface area contributed by atoms with Gasteiger partial charge >= 0.3 is 0 Å². The number of hydrogen-bond acceptors (Lipinski definition) is 3. The minimum absolute atomic E-state index is 0.0165. The van der Waals surface area contributed by atoms with E-state index in [0.717, 1.165) is 12.1 Å². The molecule has 7 heteroatoms. The van der Waals surface area contributed by atoms with Gasteiger partial charge in [-0.3, -0.25) is 4.79 Å². The van der Waals surface area contributed by atoms with Crippen LogP contribution in [-0.4, -0.2) is 39.1 Å². The quantitative estimate of drug-likeness (QED) is 0.863. The van der Waals surface area contributed by atoms with Crippen molar-refractivity contribution in [3.8, 4) is 0 Å². The second-order valence-electron chi connectivity index (χ2n) is 4.60. The molecule has 0 aliphatic carbocycles. The summed E-state index contributed by atoms with van der Waals surface area (Å²) < 4.78 is 26.3. The number of aromatic nitrogens is 2. The summed E-state index contributed by atoms with van der Waals surface area (Å²) in [5, 5.41) is 0.156. The number of H-pyrrole nitrogens is 1. The fourth-order valence-electron chi connectivity index (χ4n) is 2.05. The van der Waals surface area contributed by atoms with Crippen LogP contribution in [0.3, 0.4) is 0 Å². The van der Waals surface area contributed by atoms with Crippen molar-refractivity contribution in [2.75, 3.05) is 13.1 Å². The minimum Gasteiger partial charge on any atom is -0.342 e. The highest BCUT2D eigenvalue weighted by molar-refractivity contribution is 8.00. The van der Waals surface area contributed by atoms with Crippen molar-refractivity contribution in [1.82, 2.24) is 14.9 Å². The molecular weight excluding hydrogens is 296 g/mol. The second kappa shape index (κ2) is 6.43. The molecule has 1 heterocycles. The number of aromatic amines is 1. The van der Waals surface area contributed by atoms with Gasteiger partial charge in [0.2, 0.25) is 5.91 Å². The fourth-order valence-corrected chi connectivity index (χ4v) is 2.95. The van der Waals surface area contributed by atoms with Crippen LogP contribution in [0.5, 0.6) is 0 Å². The molecule has 0 spiro atoms. The van der Waals surface area contributed by atoms with Gasteiger partial charge in [0.1, 0.15) is 0 Å². The smallest absolute Gasteiger partial charge is 0.235 e. The molecule has 1 aromatic heterocycles. The minimum atomic E-state index is -0.933. The molecular formula is C14H17F2N3OS.